The maximum Gasteiger partial charge on any atom is 1.00 e. The summed E-state index contributed by atoms with van der Waals surface area (Å²) in [4.78, 5) is 0. The SMILES string of the molecule is CC(C)CCC[C@H](C)COS(=O)(=O)[O-].[Na+]. The molecule has 0 spiro atoms. The smallest absolute Gasteiger partial charge is 0.726 e. The molecule has 15 heavy (non-hydrogen) atoms. The summed E-state index contributed by atoms with van der Waals surface area (Å²) in [6, 6.07) is 0. The molecule has 0 radical (unpaired) electrons. The van der Waals surface area contributed by atoms with E-state index in [1.165, 1.54) is 0 Å². The van der Waals surface area contributed by atoms with E-state index in [0.717, 1.165) is 19.3 Å². The van der Waals surface area contributed by atoms with Crippen LogP contribution < -0.4 is 29.6 Å². The normalized spacial score (nSPS) is 13.7. The van der Waals surface area contributed by atoms with Crippen molar-refractivity contribution in [3.8, 4) is 0 Å². The van der Waals surface area contributed by atoms with E-state index in [4.69, 9.17) is 0 Å². The van der Waals surface area contributed by atoms with Gasteiger partial charge < -0.3 is 4.55 Å². The Balaban J connectivity index is 0. The molecule has 0 aromatic heterocycles. The zero-order valence-electron chi connectivity index (χ0n) is 10.0. The topological polar surface area (TPSA) is 66.4 Å². The van der Waals surface area contributed by atoms with Crippen molar-refractivity contribution in [1.82, 2.24) is 0 Å². The fraction of sp³-hybridized carbons (Fsp3) is 1.00. The minimum atomic E-state index is -4.51. The first-order chi connectivity index (χ1) is 6.31. The zero-order valence-corrected chi connectivity index (χ0v) is 12.8. The molecule has 0 aliphatic carbocycles. The molecule has 0 bridgehead atoms. The molecule has 0 saturated heterocycles. The molecule has 1 atom stereocenters. The van der Waals surface area contributed by atoms with Gasteiger partial charge in [0, 0.05) is 0 Å². The van der Waals surface area contributed by atoms with Gasteiger partial charge in [-0.25, -0.2) is 8.42 Å². The second-order valence-corrected chi connectivity index (χ2v) is 5.17. The monoisotopic (exact) mass is 246 g/mol. The van der Waals surface area contributed by atoms with Crippen LogP contribution in [0, 0.1) is 11.8 Å². The largest absolute Gasteiger partial charge is 1.00 e. The van der Waals surface area contributed by atoms with E-state index in [1.807, 2.05) is 6.92 Å². The van der Waals surface area contributed by atoms with E-state index in [1.54, 1.807) is 0 Å². The molecule has 0 saturated carbocycles. The van der Waals surface area contributed by atoms with E-state index in [0.29, 0.717) is 5.92 Å². The molecule has 0 aliphatic heterocycles. The van der Waals surface area contributed by atoms with Crippen LogP contribution in [0.3, 0.4) is 0 Å². The van der Waals surface area contributed by atoms with Crippen LogP contribution in [0.5, 0.6) is 0 Å². The van der Waals surface area contributed by atoms with Crippen molar-refractivity contribution in [2.75, 3.05) is 6.61 Å². The number of hydrogen-bond donors (Lipinski definition) is 0. The molecule has 0 amide bonds. The van der Waals surface area contributed by atoms with Gasteiger partial charge in [0.15, 0.2) is 0 Å². The molecule has 0 fully saturated rings. The summed E-state index contributed by atoms with van der Waals surface area (Å²) in [7, 11) is -4.51. The Kier molecular flexibility index (Phi) is 10.9. The molecule has 0 aromatic carbocycles. The first kappa shape index (κ1) is 18.2. The predicted molar refractivity (Wildman–Crippen MR) is 53.5 cm³/mol. The van der Waals surface area contributed by atoms with Crippen LogP contribution >= 0.6 is 0 Å². The standard InChI is InChI=1S/C9H20O4S.Na/c1-8(2)5-4-6-9(3)7-13-14(10,11)12;/h8-9H,4-7H2,1-3H3,(H,10,11,12);/q;+1/p-1/t9-;/m0./s1. The van der Waals surface area contributed by atoms with Crippen molar-refractivity contribution in [3.63, 3.8) is 0 Å². The third-order valence-corrected chi connectivity index (χ3v) is 2.40. The molecular formula is C9H19NaO4S. The summed E-state index contributed by atoms with van der Waals surface area (Å²) in [6.45, 7) is 6.17. The summed E-state index contributed by atoms with van der Waals surface area (Å²) < 4.78 is 34.6. The Labute approximate surface area is 115 Å². The molecule has 0 rings (SSSR count). The van der Waals surface area contributed by atoms with Crippen LogP contribution in [-0.4, -0.2) is 19.6 Å². The van der Waals surface area contributed by atoms with Crippen LogP contribution in [0.25, 0.3) is 0 Å². The average molecular weight is 246 g/mol. The van der Waals surface area contributed by atoms with Gasteiger partial charge in [-0.1, -0.05) is 33.6 Å². The van der Waals surface area contributed by atoms with Crippen LogP contribution in [0.2, 0.25) is 0 Å². The van der Waals surface area contributed by atoms with Gasteiger partial charge in [-0.3, -0.25) is 4.18 Å². The average Bonchev–Trinajstić information content (AvgIpc) is 1.99. The summed E-state index contributed by atoms with van der Waals surface area (Å²) in [5, 5.41) is 0. The van der Waals surface area contributed by atoms with Gasteiger partial charge in [-0.2, -0.15) is 0 Å². The Morgan fingerprint density at radius 3 is 2.13 bits per heavy atom. The Hall–Kier alpha value is 0.870. The zero-order chi connectivity index (χ0) is 11.2. The molecular weight excluding hydrogens is 227 g/mol. The molecule has 86 valence electrons. The third kappa shape index (κ3) is 14.9. The maximum absolute atomic E-state index is 10.1. The van der Waals surface area contributed by atoms with Crippen molar-refractivity contribution in [2.45, 2.75) is 40.0 Å². The fourth-order valence-electron chi connectivity index (χ4n) is 1.16. The third-order valence-electron chi connectivity index (χ3n) is 1.98. The molecule has 4 nitrogen and oxygen atoms in total. The second kappa shape index (κ2) is 8.96. The first-order valence-electron chi connectivity index (χ1n) is 4.91. The van der Waals surface area contributed by atoms with Crippen molar-refractivity contribution in [3.05, 3.63) is 0 Å². The maximum atomic E-state index is 10.1. The molecule has 0 heterocycles. The Bertz CT molecular complexity index is 238. The van der Waals surface area contributed by atoms with Gasteiger partial charge >= 0.3 is 29.6 Å². The van der Waals surface area contributed by atoms with E-state index >= 15 is 0 Å². The van der Waals surface area contributed by atoms with E-state index in [2.05, 4.69) is 18.0 Å². The van der Waals surface area contributed by atoms with Gasteiger partial charge in [0.2, 0.25) is 10.4 Å². The fourth-order valence-corrected chi connectivity index (χ4v) is 1.56. The van der Waals surface area contributed by atoms with Crippen molar-refractivity contribution >= 4 is 10.4 Å². The summed E-state index contributed by atoms with van der Waals surface area (Å²) in [6.07, 6.45) is 3.06. The molecule has 0 N–H and O–H groups in total. The van der Waals surface area contributed by atoms with E-state index in [9.17, 15) is 13.0 Å². The van der Waals surface area contributed by atoms with Crippen LogP contribution in [0.1, 0.15) is 40.0 Å². The van der Waals surface area contributed by atoms with Gasteiger partial charge in [0.25, 0.3) is 0 Å². The van der Waals surface area contributed by atoms with Crippen LogP contribution in [-0.2, 0) is 14.6 Å². The summed E-state index contributed by atoms with van der Waals surface area (Å²) in [5.41, 5.74) is 0. The van der Waals surface area contributed by atoms with Gasteiger partial charge in [0.1, 0.15) is 0 Å². The summed E-state index contributed by atoms with van der Waals surface area (Å²) >= 11 is 0. The van der Waals surface area contributed by atoms with Crippen molar-refractivity contribution in [2.24, 2.45) is 11.8 Å². The van der Waals surface area contributed by atoms with Crippen LogP contribution in [0.4, 0.5) is 0 Å². The summed E-state index contributed by atoms with van der Waals surface area (Å²) in [5.74, 6) is 0.781. The first-order valence-corrected chi connectivity index (χ1v) is 6.25. The Morgan fingerprint density at radius 1 is 1.20 bits per heavy atom. The van der Waals surface area contributed by atoms with Crippen LogP contribution in [0.15, 0.2) is 0 Å². The molecule has 0 unspecified atom stereocenters. The van der Waals surface area contributed by atoms with E-state index in [-0.39, 0.29) is 42.1 Å². The second-order valence-electron chi connectivity index (χ2n) is 4.12. The van der Waals surface area contributed by atoms with Crippen molar-refractivity contribution < 1.29 is 46.7 Å². The molecule has 0 aromatic rings. The quantitative estimate of drug-likeness (QED) is 0.326. The molecule has 0 aliphatic rings. The minimum absolute atomic E-state index is 0. The Morgan fingerprint density at radius 2 is 1.73 bits per heavy atom. The van der Waals surface area contributed by atoms with E-state index < -0.39 is 10.4 Å². The van der Waals surface area contributed by atoms with Gasteiger partial charge in [-0.05, 0) is 18.3 Å². The van der Waals surface area contributed by atoms with Gasteiger partial charge in [-0.15, -0.1) is 0 Å². The van der Waals surface area contributed by atoms with Gasteiger partial charge in [0.05, 0.1) is 6.61 Å². The molecule has 6 heteroatoms. The minimum Gasteiger partial charge on any atom is -0.726 e. The number of hydrogen-bond acceptors (Lipinski definition) is 4. The van der Waals surface area contributed by atoms with Crippen molar-refractivity contribution in [1.29, 1.82) is 0 Å². The number of rotatable bonds is 7. The predicted octanol–water partition coefficient (Wildman–Crippen LogP) is -1.07.